The van der Waals surface area contributed by atoms with Crippen molar-refractivity contribution in [3.63, 3.8) is 0 Å². The lowest BCUT2D eigenvalue weighted by molar-refractivity contribution is 0.0996. The van der Waals surface area contributed by atoms with E-state index in [1.165, 1.54) is 12.1 Å². The topological polar surface area (TPSA) is 52.3 Å². The van der Waals surface area contributed by atoms with Gasteiger partial charge < -0.3 is 10.5 Å². The lowest BCUT2D eigenvalue weighted by Crippen LogP contribution is -2.13. The van der Waals surface area contributed by atoms with Crippen LogP contribution in [0, 0.1) is 5.82 Å². The van der Waals surface area contributed by atoms with Crippen molar-refractivity contribution in [1.29, 1.82) is 0 Å². The van der Waals surface area contributed by atoms with Crippen molar-refractivity contribution in [2.24, 2.45) is 5.73 Å². The van der Waals surface area contributed by atoms with Crippen LogP contribution in [0.3, 0.4) is 0 Å². The van der Waals surface area contributed by atoms with Gasteiger partial charge in [-0.1, -0.05) is 28.1 Å². The molecule has 5 heteroatoms. The molecule has 0 aliphatic carbocycles. The molecule has 0 saturated carbocycles. The van der Waals surface area contributed by atoms with E-state index in [0.717, 1.165) is 4.47 Å². The molecule has 3 nitrogen and oxygen atoms in total. The zero-order chi connectivity index (χ0) is 13.8. The van der Waals surface area contributed by atoms with E-state index in [2.05, 4.69) is 15.9 Å². The second-order valence-corrected chi connectivity index (χ2v) is 4.74. The minimum Gasteiger partial charge on any atom is -0.488 e. The molecule has 19 heavy (non-hydrogen) atoms. The molecule has 0 spiro atoms. The number of ether oxygens (including phenoxy) is 1. The number of primary amides is 1. The van der Waals surface area contributed by atoms with E-state index in [0.29, 0.717) is 16.9 Å². The zero-order valence-corrected chi connectivity index (χ0v) is 11.5. The van der Waals surface area contributed by atoms with E-state index in [4.69, 9.17) is 10.5 Å². The number of carbonyl (C=O) groups is 1. The predicted octanol–water partition coefficient (Wildman–Crippen LogP) is 3.27. The standard InChI is InChI=1S/C14H11BrFNO2/c15-12-6-5-10(16)7-9(12)8-19-13-4-2-1-3-11(13)14(17)18/h1-7H,8H2,(H2,17,18). The highest BCUT2D eigenvalue weighted by Crippen LogP contribution is 2.22. The third kappa shape index (κ3) is 3.32. The molecule has 98 valence electrons. The first-order valence-corrected chi connectivity index (χ1v) is 6.33. The maximum absolute atomic E-state index is 13.1. The Labute approximate surface area is 118 Å². The summed E-state index contributed by atoms with van der Waals surface area (Å²) in [6.07, 6.45) is 0. The summed E-state index contributed by atoms with van der Waals surface area (Å²) in [6.45, 7) is 0.142. The molecule has 0 bridgehead atoms. The van der Waals surface area contributed by atoms with Crippen LogP contribution >= 0.6 is 15.9 Å². The molecule has 0 radical (unpaired) electrons. The second-order valence-electron chi connectivity index (χ2n) is 3.88. The van der Waals surface area contributed by atoms with Crippen LogP contribution in [0.15, 0.2) is 46.9 Å². The van der Waals surface area contributed by atoms with Gasteiger partial charge in [-0.05, 0) is 30.3 Å². The zero-order valence-electron chi connectivity index (χ0n) is 9.90. The molecule has 0 saturated heterocycles. The molecular formula is C14H11BrFNO2. The summed E-state index contributed by atoms with van der Waals surface area (Å²) >= 11 is 3.31. The third-order valence-electron chi connectivity index (χ3n) is 2.54. The van der Waals surface area contributed by atoms with Crippen LogP contribution in [0.25, 0.3) is 0 Å². The molecule has 1 amide bonds. The minimum absolute atomic E-state index is 0.142. The monoisotopic (exact) mass is 323 g/mol. The quantitative estimate of drug-likeness (QED) is 0.938. The fourth-order valence-electron chi connectivity index (χ4n) is 1.61. The highest BCUT2D eigenvalue weighted by molar-refractivity contribution is 9.10. The Morgan fingerprint density at radius 2 is 2.00 bits per heavy atom. The summed E-state index contributed by atoms with van der Waals surface area (Å²) in [5.41, 5.74) is 6.20. The molecular weight excluding hydrogens is 313 g/mol. The molecule has 2 N–H and O–H groups in total. The van der Waals surface area contributed by atoms with Crippen molar-refractivity contribution in [1.82, 2.24) is 0 Å². The van der Waals surface area contributed by atoms with Crippen LogP contribution in [0.4, 0.5) is 4.39 Å². The normalized spacial score (nSPS) is 10.2. The Morgan fingerprint density at radius 3 is 2.74 bits per heavy atom. The largest absolute Gasteiger partial charge is 0.488 e. The third-order valence-corrected chi connectivity index (χ3v) is 3.32. The molecule has 2 aromatic carbocycles. The van der Waals surface area contributed by atoms with E-state index >= 15 is 0 Å². The Hall–Kier alpha value is -1.88. The lowest BCUT2D eigenvalue weighted by atomic mass is 10.2. The average Bonchev–Trinajstić information content (AvgIpc) is 2.40. The highest BCUT2D eigenvalue weighted by Gasteiger charge is 2.09. The molecule has 0 aromatic heterocycles. The first-order valence-electron chi connectivity index (χ1n) is 5.53. The van der Waals surface area contributed by atoms with Gasteiger partial charge in [0, 0.05) is 10.0 Å². The van der Waals surface area contributed by atoms with Crippen LogP contribution in [0.1, 0.15) is 15.9 Å². The van der Waals surface area contributed by atoms with Gasteiger partial charge in [0.2, 0.25) is 0 Å². The van der Waals surface area contributed by atoms with Gasteiger partial charge in [-0.2, -0.15) is 0 Å². The van der Waals surface area contributed by atoms with Crippen molar-refractivity contribution in [3.05, 3.63) is 63.9 Å². The van der Waals surface area contributed by atoms with Crippen LogP contribution in [-0.4, -0.2) is 5.91 Å². The summed E-state index contributed by atoms with van der Waals surface area (Å²) in [4.78, 5) is 11.2. The fourth-order valence-corrected chi connectivity index (χ4v) is 1.97. The molecule has 2 aromatic rings. The maximum atomic E-state index is 13.1. The van der Waals surface area contributed by atoms with E-state index in [-0.39, 0.29) is 12.4 Å². The molecule has 0 atom stereocenters. The first-order chi connectivity index (χ1) is 9.08. The number of carbonyl (C=O) groups excluding carboxylic acids is 1. The maximum Gasteiger partial charge on any atom is 0.252 e. The Morgan fingerprint density at radius 1 is 1.26 bits per heavy atom. The molecule has 2 rings (SSSR count). The molecule has 0 heterocycles. The van der Waals surface area contributed by atoms with E-state index in [1.54, 1.807) is 30.3 Å². The number of hydrogen-bond donors (Lipinski definition) is 1. The van der Waals surface area contributed by atoms with E-state index in [9.17, 15) is 9.18 Å². The van der Waals surface area contributed by atoms with Crippen LogP contribution < -0.4 is 10.5 Å². The first kappa shape index (κ1) is 13.5. The van der Waals surface area contributed by atoms with Crippen LogP contribution in [0.5, 0.6) is 5.75 Å². The number of amides is 1. The van der Waals surface area contributed by atoms with Crippen molar-refractivity contribution < 1.29 is 13.9 Å². The van der Waals surface area contributed by atoms with Gasteiger partial charge in [-0.3, -0.25) is 4.79 Å². The summed E-state index contributed by atoms with van der Waals surface area (Å²) in [5, 5.41) is 0. The minimum atomic E-state index is -0.561. The number of nitrogens with two attached hydrogens (primary N) is 1. The Kier molecular flexibility index (Phi) is 4.16. The van der Waals surface area contributed by atoms with Crippen LogP contribution in [0.2, 0.25) is 0 Å². The van der Waals surface area contributed by atoms with Crippen molar-refractivity contribution >= 4 is 21.8 Å². The van der Waals surface area contributed by atoms with Crippen molar-refractivity contribution in [2.75, 3.05) is 0 Å². The summed E-state index contributed by atoms with van der Waals surface area (Å²) < 4.78 is 19.4. The fraction of sp³-hybridized carbons (Fsp3) is 0.0714. The summed E-state index contributed by atoms with van der Waals surface area (Å²) in [6, 6.07) is 11.0. The van der Waals surface area contributed by atoms with E-state index in [1.807, 2.05) is 0 Å². The van der Waals surface area contributed by atoms with Crippen LogP contribution in [-0.2, 0) is 6.61 Å². The number of para-hydroxylation sites is 1. The van der Waals surface area contributed by atoms with E-state index < -0.39 is 5.91 Å². The molecule has 0 aliphatic rings. The smallest absolute Gasteiger partial charge is 0.252 e. The number of benzene rings is 2. The average molecular weight is 324 g/mol. The second kappa shape index (κ2) is 5.84. The lowest BCUT2D eigenvalue weighted by Gasteiger charge is -2.10. The van der Waals surface area contributed by atoms with Gasteiger partial charge in [0.25, 0.3) is 5.91 Å². The predicted molar refractivity (Wildman–Crippen MR) is 73.4 cm³/mol. The van der Waals surface area contributed by atoms with Crippen molar-refractivity contribution in [2.45, 2.75) is 6.61 Å². The Bertz CT molecular complexity index is 616. The van der Waals surface area contributed by atoms with Gasteiger partial charge in [0.15, 0.2) is 0 Å². The van der Waals surface area contributed by atoms with Gasteiger partial charge in [-0.15, -0.1) is 0 Å². The molecule has 0 fully saturated rings. The molecule has 0 unspecified atom stereocenters. The number of hydrogen-bond acceptors (Lipinski definition) is 2. The Balaban J connectivity index is 2.19. The molecule has 0 aliphatic heterocycles. The van der Waals surface area contributed by atoms with Crippen molar-refractivity contribution in [3.8, 4) is 5.75 Å². The summed E-state index contributed by atoms with van der Waals surface area (Å²) in [5.74, 6) is -0.523. The number of halogens is 2. The van der Waals surface area contributed by atoms with Gasteiger partial charge in [0.05, 0.1) is 5.56 Å². The van der Waals surface area contributed by atoms with Gasteiger partial charge >= 0.3 is 0 Å². The van der Waals surface area contributed by atoms with Gasteiger partial charge in [0.1, 0.15) is 18.2 Å². The number of rotatable bonds is 4. The summed E-state index contributed by atoms with van der Waals surface area (Å²) in [7, 11) is 0. The highest BCUT2D eigenvalue weighted by atomic mass is 79.9. The van der Waals surface area contributed by atoms with Gasteiger partial charge in [-0.25, -0.2) is 4.39 Å². The SMILES string of the molecule is NC(=O)c1ccccc1OCc1cc(F)ccc1Br.